The highest BCUT2D eigenvalue weighted by Gasteiger charge is 2.30. The molecule has 1 atom stereocenters. The summed E-state index contributed by atoms with van der Waals surface area (Å²) in [7, 11) is 0. The Balaban J connectivity index is 1.39. The van der Waals surface area contributed by atoms with Gasteiger partial charge in [0.2, 0.25) is 0 Å². The van der Waals surface area contributed by atoms with Gasteiger partial charge in [0, 0.05) is 5.56 Å². The van der Waals surface area contributed by atoms with Gasteiger partial charge in [-0.1, -0.05) is 42.8 Å². The van der Waals surface area contributed by atoms with Crippen molar-refractivity contribution in [2.24, 2.45) is 5.92 Å². The second kappa shape index (κ2) is 10.1. The predicted octanol–water partition coefficient (Wildman–Crippen LogP) is 6.27. The molecular weight excluding hydrogens is 414 g/mol. The minimum absolute atomic E-state index is 0.247. The van der Waals surface area contributed by atoms with E-state index >= 15 is 0 Å². The molecule has 0 fully saturated rings. The summed E-state index contributed by atoms with van der Waals surface area (Å²) >= 11 is 0. The summed E-state index contributed by atoms with van der Waals surface area (Å²) in [4.78, 5) is 13.1. The lowest BCUT2D eigenvalue weighted by Gasteiger charge is -2.17. The molecule has 0 saturated heterocycles. The molecule has 3 aromatic rings. The van der Waals surface area contributed by atoms with E-state index in [4.69, 9.17) is 4.74 Å². The first-order chi connectivity index (χ1) is 15.9. The van der Waals surface area contributed by atoms with Crippen molar-refractivity contribution in [1.29, 1.82) is 0 Å². The Morgan fingerprint density at radius 2 is 1.76 bits per heavy atom. The van der Waals surface area contributed by atoms with Crippen molar-refractivity contribution >= 4 is 28.1 Å². The molecule has 6 heteroatoms. The summed E-state index contributed by atoms with van der Waals surface area (Å²) in [6.45, 7) is 7.23. The summed E-state index contributed by atoms with van der Waals surface area (Å²) in [6.07, 6.45) is 5.61. The molecule has 1 unspecified atom stereocenters. The lowest BCUT2D eigenvalue weighted by atomic mass is 10.0. The number of nitrogens with zero attached hydrogens (tertiary/aromatic N) is 2. The minimum atomic E-state index is -0.247. The predicted molar refractivity (Wildman–Crippen MR) is 133 cm³/mol. The zero-order valence-electron chi connectivity index (χ0n) is 19.4. The molecule has 0 saturated carbocycles. The van der Waals surface area contributed by atoms with Crippen molar-refractivity contribution in [3.05, 3.63) is 77.9 Å². The van der Waals surface area contributed by atoms with E-state index in [9.17, 15) is 10.0 Å². The largest absolute Gasteiger partial charge is 0.494 e. The number of hydrazine groups is 2. The van der Waals surface area contributed by atoms with Crippen LogP contribution >= 0.6 is 0 Å². The quantitative estimate of drug-likeness (QED) is 0.400. The van der Waals surface area contributed by atoms with Gasteiger partial charge in [-0.2, -0.15) is 5.17 Å². The van der Waals surface area contributed by atoms with Crippen LogP contribution in [0.15, 0.2) is 72.3 Å². The summed E-state index contributed by atoms with van der Waals surface area (Å²) in [5.74, 6) is 1.21. The van der Waals surface area contributed by atoms with Crippen LogP contribution in [0.5, 0.6) is 5.75 Å². The van der Waals surface area contributed by atoms with Crippen LogP contribution in [0.25, 0.3) is 10.8 Å². The van der Waals surface area contributed by atoms with E-state index < -0.39 is 0 Å². The van der Waals surface area contributed by atoms with Gasteiger partial charge in [-0.05, 0) is 86.2 Å². The molecule has 4 rings (SSSR count). The van der Waals surface area contributed by atoms with Crippen LogP contribution in [0.2, 0.25) is 0 Å². The van der Waals surface area contributed by atoms with Crippen LogP contribution in [0.1, 0.15) is 50.4 Å². The van der Waals surface area contributed by atoms with Gasteiger partial charge in [-0.25, -0.2) is 5.01 Å². The first kappa shape index (κ1) is 22.8. The normalized spacial score (nSPS) is 13.7. The van der Waals surface area contributed by atoms with Gasteiger partial charge in [0.15, 0.2) is 0 Å². The minimum Gasteiger partial charge on any atom is -0.494 e. The van der Waals surface area contributed by atoms with E-state index in [2.05, 4.69) is 32.4 Å². The number of para-hydroxylation sites is 2. The van der Waals surface area contributed by atoms with Crippen LogP contribution in [-0.4, -0.2) is 17.7 Å². The average molecular weight is 446 g/mol. The third-order valence-electron chi connectivity index (χ3n) is 5.90. The highest BCUT2D eigenvalue weighted by Crippen LogP contribution is 2.33. The van der Waals surface area contributed by atoms with Crippen molar-refractivity contribution in [1.82, 2.24) is 5.53 Å². The van der Waals surface area contributed by atoms with Gasteiger partial charge >= 0.3 is 0 Å². The fourth-order valence-corrected chi connectivity index (χ4v) is 3.94. The Morgan fingerprint density at radius 1 is 1.03 bits per heavy atom. The molecule has 0 aromatic heterocycles. The van der Waals surface area contributed by atoms with Gasteiger partial charge in [0.25, 0.3) is 5.91 Å². The zero-order valence-corrected chi connectivity index (χ0v) is 19.4. The fourth-order valence-electron chi connectivity index (χ4n) is 3.94. The molecule has 1 heterocycles. The Bertz CT molecular complexity index is 1170. The van der Waals surface area contributed by atoms with Gasteiger partial charge in [-0.15, -0.1) is 5.53 Å². The van der Waals surface area contributed by atoms with Crippen LogP contribution in [-0.2, 0) is 0 Å². The van der Waals surface area contributed by atoms with E-state index in [-0.39, 0.29) is 5.91 Å². The summed E-state index contributed by atoms with van der Waals surface area (Å²) < 4.78 is 5.99. The second-order valence-electron chi connectivity index (χ2n) is 8.87. The molecule has 33 heavy (non-hydrogen) atoms. The summed E-state index contributed by atoms with van der Waals surface area (Å²) in [6, 6.07) is 18.7. The molecule has 6 nitrogen and oxygen atoms in total. The molecule has 0 radical (unpaired) electrons. The standard InChI is InChI=1S/C27H31N3O3/c1-19(2)7-6-8-20(3)15-16-33-24-14-13-21-17-23(12-11-22(21)18-24)27(31)29-25-9-4-5-10-26(25)30(32)28-29/h4-5,7,9-14,17-18,20,28,32H,6,8,15-16H2,1-3H3. The molecule has 1 amide bonds. The van der Waals surface area contributed by atoms with E-state index in [1.165, 1.54) is 17.0 Å². The highest BCUT2D eigenvalue weighted by atomic mass is 16.6. The van der Waals surface area contributed by atoms with Crippen molar-refractivity contribution in [3.8, 4) is 5.75 Å². The Morgan fingerprint density at radius 3 is 2.55 bits per heavy atom. The monoisotopic (exact) mass is 445 g/mol. The van der Waals surface area contributed by atoms with Gasteiger partial charge in [0.05, 0.1) is 12.3 Å². The molecule has 0 bridgehead atoms. The number of fused-ring (bicyclic) bond motifs is 2. The molecular formula is C27H31N3O3. The first-order valence-corrected chi connectivity index (χ1v) is 11.4. The average Bonchev–Trinajstić information content (AvgIpc) is 3.14. The Hall–Kier alpha value is -3.35. The zero-order chi connectivity index (χ0) is 23.4. The molecule has 172 valence electrons. The van der Waals surface area contributed by atoms with Crippen molar-refractivity contribution in [3.63, 3.8) is 0 Å². The SMILES string of the molecule is CC(C)=CCCC(C)CCOc1ccc2cc(C(=O)N3NN(O)c4ccccc43)ccc2c1. The third kappa shape index (κ3) is 5.35. The van der Waals surface area contributed by atoms with E-state index in [1.807, 2.05) is 36.4 Å². The number of anilines is 2. The van der Waals surface area contributed by atoms with Crippen molar-refractivity contribution < 1.29 is 14.7 Å². The van der Waals surface area contributed by atoms with Crippen LogP contribution in [0.4, 0.5) is 11.4 Å². The topological polar surface area (TPSA) is 65.0 Å². The molecule has 3 aromatic carbocycles. The number of nitrogens with one attached hydrogen (secondary N) is 1. The maximum absolute atomic E-state index is 13.1. The highest BCUT2D eigenvalue weighted by molar-refractivity contribution is 6.10. The molecule has 2 N–H and O–H groups in total. The lowest BCUT2D eigenvalue weighted by Crippen LogP contribution is -2.46. The third-order valence-corrected chi connectivity index (χ3v) is 5.90. The molecule has 0 spiro atoms. The van der Waals surface area contributed by atoms with Crippen LogP contribution < -0.4 is 20.5 Å². The molecule has 1 aliphatic rings. The van der Waals surface area contributed by atoms with Gasteiger partial charge < -0.3 is 4.74 Å². The van der Waals surface area contributed by atoms with E-state index in [0.717, 1.165) is 34.5 Å². The second-order valence-corrected chi connectivity index (χ2v) is 8.87. The fraction of sp³-hybridized carbons (Fsp3) is 0.296. The van der Waals surface area contributed by atoms with Crippen LogP contribution in [0.3, 0.4) is 0 Å². The first-order valence-electron chi connectivity index (χ1n) is 11.4. The Kier molecular flexibility index (Phi) is 6.96. The lowest BCUT2D eigenvalue weighted by molar-refractivity contribution is 0.0957. The number of carbonyl (C=O) groups is 1. The van der Waals surface area contributed by atoms with Gasteiger partial charge in [-0.3, -0.25) is 10.0 Å². The maximum atomic E-state index is 13.1. The number of allylic oxidation sites excluding steroid dienone is 2. The van der Waals surface area contributed by atoms with Crippen molar-refractivity contribution in [2.45, 2.75) is 40.0 Å². The number of carbonyl (C=O) groups excluding carboxylic acids is 1. The molecule has 1 aliphatic heterocycles. The Labute approximate surface area is 195 Å². The van der Waals surface area contributed by atoms with Crippen molar-refractivity contribution in [2.75, 3.05) is 16.8 Å². The maximum Gasteiger partial charge on any atom is 0.274 e. The number of hydrogen-bond acceptors (Lipinski definition) is 5. The molecule has 0 aliphatic carbocycles. The number of rotatable bonds is 8. The number of amides is 1. The van der Waals surface area contributed by atoms with Gasteiger partial charge in [0.1, 0.15) is 11.4 Å². The summed E-state index contributed by atoms with van der Waals surface area (Å²) in [5, 5.41) is 14.2. The summed E-state index contributed by atoms with van der Waals surface area (Å²) in [5.41, 5.74) is 5.70. The smallest absolute Gasteiger partial charge is 0.274 e. The number of benzene rings is 3. The number of hydrogen-bond donors (Lipinski definition) is 2. The number of ether oxygens (including phenoxy) is 1. The van der Waals surface area contributed by atoms with Crippen LogP contribution in [0, 0.1) is 5.92 Å². The van der Waals surface area contributed by atoms with E-state index in [0.29, 0.717) is 29.5 Å². The van der Waals surface area contributed by atoms with E-state index in [1.54, 1.807) is 24.3 Å².